The first-order valence-corrected chi connectivity index (χ1v) is 11.9. The molecule has 0 bridgehead atoms. The fourth-order valence-electron chi connectivity index (χ4n) is 3.11. The van der Waals surface area contributed by atoms with Crippen LogP contribution in [0.3, 0.4) is 0 Å². The Hall–Kier alpha value is -3.91. The van der Waals surface area contributed by atoms with Gasteiger partial charge in [-0.25, -0.2) is 31.4 Å². The van der Waals surface area contributed by atoms with Crippen LogP contribution in [0.1, 0.15) is 11.1 Å². The van der Waals surface area contributed by atoms with E-state index in [2.05, 4.69) is 9.82 Å². The van der Waals surface area contributed by atoms with Crippen molar-refractivity contribution in [3.63, 3.8) is 0 Å². The SMILES string of the molecule is COc1ccc(CNS(=O)(=O)c2cc(N)ccc2-n2cc(COC(=O)NCC(F)F)cn2)c(OC)c1. The number of hydrogen-bond acceptors (Lipinski definition) is 8. The maximum absolute atomic E-state index is 13.2. The summed E-state index contributed by atoms with van der Waals surface area (Å²) in [6, 6.07) is 9.27. The third kappa shape index (κ3) is 6.82. The summed E-state index contributed by atoms with van der Waals surface area (Å²) >= 11 is 0. The molecule has 0 radical (unpaired) electrons. The predicted molar refractivity (Wildman–Crippen MR) is 126 cm³/mol. The number of rotatable bonds is 11. The molecule has 1 heterocycles. The molecule has 0 unspecified atom stereocenters. The highest BCUT2D eigenvalue weighted by Crippen LogP contribution is 2.26. The zero-order valence-electron chi connectivity index (χ0n) is 19.4. The molecule has 36 heavy (non-hydrogen) atoms. The molecular formula is C22H25F2N5O6S. The highest BCUT2D eigenvalue weighted by molar-refractivity contribution is 7.89. The number of nitrogens with zero attached hydrogens (tertiary/aromatic N) is 2. The van der Waals surface area contributed by atoms with Crippen molar-refractivity contribution in [2.24, 2.45) is 0 Å². The average molecular weight is 526 g/mol. The van der Waals surface area contributed by atoms with Crippen LogP contribution in [0, 0.1) is 0 Å². The first-order valence-electron chi connectivity index (χ1n) is 10.5. The van der Waals surface area contributed by atoms with E-state index in [4.69, 9.17) is 19.9 Å². The lowest BCUT2D eigenvalue weighted by atomic mass is 10.2. The summed E-state index contributed by atoms with van der Waals surface area (Å²) in [7, 11) is -1.11. The largest absolute Gasteiger partial charge is 0.497 e. The number of alkyl carbamates (subject to hydrolysis) is 1. The van der Waals surface area contributed by atoms with Gasteiger partial charge in [0.1, 0.15) is 23.0 Å². The van der Waals surface area contributed by atoms with Crippen LogP contribution < -0.4 is 25.2 Å². The van der Waals surface area contributed by atoms with E-state index in [9.17, 15) is 22.0 Å². The van der Waals surface area contributed by atoms with Crippen molar-refractivity contribution in [3.05, 3.63) is 59.9 Å². The molecule has 1 amide bonds. The van der Waals surface area contributed by atoms with Crippen molar-refractivity contribution in [1.29, 1.82) is 0 Å². The van der Waals surface area contributed by atoms with E-state index in [0.29, 0.717) is 22.6 Å². The molecule has 0 spiro atoms. The number of ether oxygens (including phenoxy) is 3. The van der Waals surface area contributed by atoms with Crippen LogP contribution in [0.4, 0.5) is 19.3 Å². The second-order valence-corrected chi connectivity index (χ2v) is 9.11. The summed E-state index contributed by atoms with van der Waals surface area (Å²) in [5.74, 6) is 1.00. The van der Waals surface area contributed by atoms with Crippen LogP contribution in [-0.4, -0.2) is 51.5 Å². The molecule has 3 rings (SSSR count). The first-order chi connectivity index (χ1) is 17.1. The quantitative estimate of drug-likeness (QED) is 0.324. The van der Waals surface area contributed by atoms with Gasteiger partial charge in [0.05, 0.1) is 32.6 Å². The highest BCUT2D eigenvalue weighted by Gasteiger charge is 2.22. The molecule has 0 saturated carbocycles. The van der Waals surface area contributed by atoms with Gasteiger partial charge in [-0.3, -0.25) is 0 Å². The zero-order chi connectivity index (χ0) is 26.3. The Bertz CT molecular complexity index is 1320. The number of carbonyl (C=O) groups is 1. The third-order valence-electron chi connectivity index (χ3n) is 4.87. The minimum Gasteiger partial charge on any atom is -0.497 e. The van der Waals surface area contributed by atoms with Crippen molar-refractivity contribution in [2.45, 2.75) is 24.5 Å². The van der Waals surface area contributed by atoms with E-state index in [1.807, 2.05) is 5.32 Å². The second kappa shape index (κ2) is 11.7. The number of aromatic nitrogens is 2. The lowest BCUT2D eigenvalue weighted by Crippen LogP contribution is -2.28. The predicted octanol–water partition coefficient (Wildman–Crippen LogP) is 2.44. The van der Waals surface area contributed by atoms with Crippen molar-refractivity contribution < 1.29 is 36.2 Å². The Balaban J connectivity index is 1.78. The third-order valence-corrected chi connectivity index (χ3v) is 6.30. The van der Waals surface area contributed by atoms with Gasteiger partial charge in [0.15, 0.2) is 0 Å². The summed E-state index contributed by atoms with van der Waals surface area (Å²) in [5.41, 5.74) is 7.23. The van der Waals surface area contributed by atoms with Gasteiger partial charge in [-0.15, -0.1) is 0 Å². The highest BCUT2D eigenvalue weighted by atomic mass is 32.2. The second-order valence-electron chi connectivity index (χ2n) is 7.37. The molecule has 0 fully saturated rings. The van der Waals surface area contributed by atoms with Crippen molar-refractivity contribution in [3.8, 4) is 17.2 Å². The first kappa shape index (κ1) is 26.7. The number of carbonyl (C=O) groups excluding carboxylic acids is 1. The number of nitrogens with two attached hydrogens (primary N) is 1. The Kier molecular flexibility index (Phi) is 8.66. The minimum absolute atomic E-state index is 0.0737. The number of methoxy groups -OCH3 is 2. The molecule has 4 N–H and O–H groups in total. The van der Waals surface area contributed by atoms with E-state index >= 15 is 0 Å². The molecule has 2 aromatic carbocycles. The van der Waals surface area contributed by atoms with Crippen LogP contribution in [0.2, 0.25) is 0 Å². The van der Waals surface area contributed by atoms with E-state index < -0.39 is 29.1 Å². The van der Waals surface area contributed by atoms with Gasteiger partial charge in [-0.1, -0.05) is 6.07 Å². The fourth-order valence-corrected chi connectivity index (χ4v) is 4.34. The average Bonchev–Trinajstić information content (AvgIpc) is 3.33. The molecule has 3 aromatic rings. The minimum atomic E-state index is -4.08. The van der Waals surface area contributed by atoms with Crippen LogP contribution in [0.5, 0.6) is 11.5 Å². The molecule has 1 aromatic heterocycles. The van der Waals surface area contributed by atoms with Gasteiger partial charge < -0.3 is 25.3 Å². The summed E-state index contributed by atoms with van der Waals surface area (Å²) in [6.07, 6.45) is -0.928. The molecule has 0 aliphatic carbocycles. The van der Waals surface area contributed by atoms with Crippen molar-refractivity contribution in [2.75, 3.05) is 26.5 Å². The molecule has 0 aliphatic rings. The number of amides is 1. The number of nitrogen functional groups attached to an aromatic ring is 1. The van der Waals surface area contributed by atoms with Gasteiger partial charge in [0, 0.05) is 35.6 Å². The van der Waals surface area contributed by atoms with E-state index in [1.165, 1.54) is 49.5 Å². The van der Waals surface area contributed by atoms with Crippen LogP contribution in [0.25, 0.3) is 5.69 Å². The van der Waals surface area contributed by atoms with E-state index in [-0.39, 0.29) is 29.4 Å². The van der Waals surface area contributed by atoms with Crippen LogP contribution in [-0.2, 0) is 27.9 Å². The molecule has 14 heteroatoms. The van der Waals surface area contributed by atoms with Crippen molar-refractivity contribution >= 4 is 21.8 Å². The lowest BCUT2D eigenvalue weighted by molar-refractivity contribution is 0.116. The van der Waals surface area contributed by atoms with Gasteiger partial charge >= 0.3 is 6.09 Å². The molecule has 0 atom stereocenters. The molecule has 0 aliphatic heterocycles. The van der Waals surface area contributed by atoms with Gasteiger partial charge in [-0.2, -0.15) is 5.10 Å². The number of benzene rings is 2. The standard InChI is InChI=1S/C22H25F2N5O6S/c1-33-17-5-3-15(19(8-17)34-2)10-28-36(31,32)20-7-16(25)4-6-18(20)29-12-14(9-27-29)13-35-22(30)26-11-21(23)24/h3-9,12,21,28H,10-11,13,25H2,1-2H3,(H,26,30). The number of halogens is 2. The van der Waals surface area contributed by atoms with E-state index in [0.717, 1.165) is 0 Å². The number of hydrogen-bond donors (Lipinski definition) is 3. The Morgan fingerprint density at radius 3 is 2.64 bits per heavy atom. The topological polar surface area (TPSA) is 147 Å². The summed E-state index contributed by atoms with van der Waals surface area (Å²) in [6.45, 7) is -1.17. The number of sulfonamides is 1. The van der Waals surface area contributed by atoms with E-state index in [1.54, 1.807) is 18.2 Å². The summed E-state index contributed by atoms with van der Waals surface area (Å²) in [4.78, 5) is 11.3. The summed E-state index contributed by atoms with van der Waals surface area (Å²) < 4.78 is 69.9. The molecular weight excluding hydrogens is 500 g/mol. The molecule has 11 nitrogen and oxygen atoms in total. The van der Waals surface area contributed by atoms with Crippen LogP contribution in [0.15, 0.2) is 53.7 Å². The summed E-state index contributed by atoms with van der Waals surface area (Å²) in [5, 5.41) is 6.04. The van der Waals surface area contributed by atoms with Crippen LogP contribution >= 0.6 is 0 Å². The zero-order valence-corrected chi connectivity index (χ0v) is 20.2. The molecule has 0 saturated heterocycles. The Labute approximate surface area is 206 Å². The van der Waals surface area contributed by atoms with Gasteiger partial charge in [0.2, 0.25) is 10.0 Å². The van der Waals surface area contributed by atoms with Gasteiger partial charge in [0.25, 0.3) is 6.43 Å². The normalized spacial score (nSPS) is 11.4. The Morgan fingerprint density at radius 2 is 1.94 bits per heavy atom. The maximum Gasteiger partial charge on any atom is 0.407 e. The number of alkyl halides is 2. The Morgan fingerprint density at radius 1 is 1.17 bits per heavy atom. The number of nitrogens with one attached hydrogen (secondary N) is 2. The smallest absolute Gasteiger partial charge is 0.407 e. The molecule has 194 valence electrons. The number of anilines is 1. The van der Waals surface area contributed by atoms with Crippen molar-refractivity contribution in [1.82, 2.24) is 19.8 Å². The van der Waals surface area contributed by atoms with Gasteiger partial charge in [-0.05, 0) is 24.3 Å². The monoisotopic (exact) mass is 525 g/mol. The fraction of sp³-hybridized carbons (Fsp3) is 0.273. The lowest BCUT2D eigenvalue weighted by Gasteiger charge is -2.14. The maximum atomic E-state index is 13.2.